The molecule has 0 fully saturated rings. The molecule has 1 heterocycles. The summed E-state index contributed by atoms with van der Waals surface area (Å²) >= 11 is 0. The van der Waals surface area contributed by atoms with Crippen LogP contribution in [0, 0.1) is 0 Å². The van der Waals surface area contributed by atoms with Crippen LogP contribution < -0.4 is 15.6 Å². The summed E-state index contributed by atoms with van der Waals surface area (Å²) in [5, 5.41) is 0. The van der Waals surface area contributed by atoms with E-state index in [2.05, 4.69) is 22.4 Å². The van der Waals surface area contributed by atoms with Crippen molar-refractivity contribution in [3.05, 3.63) is 84.1 Å². The number of hydrazine groups is 1. The van der Waals surface area contributed by atoms with Gasteiger partial charge in [-0.1, -0.05) is 55.1 Å². The van der Waals surface area contributed by atoms with Gasteiger partial charge in [0.25, 0.3) is 5.91 Å². The topological polar surface area (TPSA) is 62.7 Å². The van der Waals surface area contributed by atoms with Gasteiger partial charge in [0.15, 0.2) is 5.84 Å². The number of carbonyl (C=O) groups is 1. The average Bonchev–Trinajstić information content (AvgIpc) is 2.63. The Kier molecular flexibility index (Phi) is 4.72. The predicted octanol–water partition coefficient (Wildman–Crippen LogP) is 2.67. The van der Waals surface area contributed by atoms with Gasteiger partial charge in [0.2, 0.25) is 0 Å². The van der Waals surface area contributed by atoms with Crippen molar-refractivity contribution in [3.63, 3.8) is 0 Å². The lowest BCUT2D eigenvalue weighted by molar-refractivity contribution is -0.118. The molecule has 5 heteroatoms. The summed E-state index contributed by atoms with van der Waals surface area (Å²) in [4.78, 5) is 16.5. The highest BCUT2D eigenvalue weighted by Crippen LogP contribution is 2.20. The number of rotatable bonds is 5. The lowest BCUT2D eigenvalue weighted by Crippen LogP contribution is -2.46. The second kappa shape index (κ2) is 7.28. The number of ether oxygens (including phenoxy) is 1. The molecule has 0 spiro atoms. The minimum atomic E-state index is -0.285. The zero-order valence-corrected chi connectivity index (χ0v) is 13.0. The zero-order valence-electron chi connectivity index (χ0n) is 13.0. The van der Waals surface area contributed by atoms with Crippen LogP contribution >= 0.6 is 0 Å². The molecule has 0 radical (unpaired) electrons. The Balaban J connectivity index is 1.97. The number of benzene rings is 2. The number of hydrogen-bond donors (Lipinski definition) is 2. The molecule has 2 aromatic carbocycles. The third kappa shape index (κ3) is 3.52. The van der Waals surface area contributed by atoms with Crippen LogP contribution in [0.15, 0.2) is 77.9 Å². The monoisotopic (exact) mass is 319 g/mol. The van der Waals surface area contributed by atoms with E-state index < -0.39 is 0 Å². The minimum Gasteiger partial charge on any atom is -0.489 e. The highest BCUT2D eigenvalue weighted by Gasteiger charge is 2.19. The standard InChI is InChI=1S/C19H17N3O2/c1-2-12-24-17-11-7-6-10-15(17)18-20-16(19(23)22-21-18)13-14-8-4-3-5-9-14/h2-11,13H,1,12H2,(H,20,21)(H,22,23)/b16-13-. The molecule has 0 atom stereocenters. The summed E-state index contributed by atoms with van der Waals surface area (Å²) in [6, 6.07) is 17.1. The fourth-order valence-electron chi connectivity index (χ4n) is 2.25. The molecule has 0 aromatic heterocycles. The number of carbonyl (C=O) groups excluding carboxylic acids is 1. The summed E-state index contributed by atoms with van der Waals surface area (Å²) in [5.41, 5.74) is 7.44. The van der Waals surface area contributed by atoms with Gasteiger partial charge in [-0.2, -0.15) is 0 Å². The lowest BCUT2D eigenvalue weighted by Gasteiger charge is -2.19. The quantitative estimate of drug-likeness (QED) is 0.658. The molecular formula is C19H17N3O2. The van der Waals surface area contributed by atoms with Crippen molar-refractivity contribution >= 4 is 17.8 Å². The van der Waals surface area contributed by atoms with Gasteiger partial charge in [-0.05, 0) is 23.8 Å². The van der Waals surface area contributed by atoms with Gasteiger partial charge in [0, 0.05) is 0 Å². The van der Waals surface area contributed by atoms with E-state index in [1.807, 2.05) is 54.6 Å². The highest BCUT2D eigenvalue weighted by molar-refractivity contribution is 6.10. The predicted molar refractivity (Wildman–Crippen MR) is 94.4 cm³/mol. The van der Waals surface area contributed by atoms with E-state index in [9.17, 15) is 4.79 Å². The molecular weight excluding hydrogens is 302 g/mol. The highest BCUT2D eigenvalue weighted by atomic mass is 16.5. The van der Waals surface area contributed by atoms with Crippen molar-refractivity contribution in [1.29, 1.82) is 0 Å². The van der Waals surface area contributed by atoms with Crippen LogP contribution in [0.3, 0.4) is 0 Å². The lowest BCUT2D eigenvalue weighted by atomic mass is 10.1. The molecule has 3 rings (SSSR count). The van der Waals surface area contributed by atoms with Gasteiger partial charge in [-0.15, -0.1) is 0 Å². The van der Waals surface area contributed by atoms with Crippen LogP contribution in [0.2, 0.25) is 0 Å². The van der Waals surface area contributed by atoms with Crippen LogP contribution in [0.5, 0.6) is 5.75 Å². The van der Waals surface area contributed by atoms with Crippen molar-refractivity contribution in [2.24, 2.45) is 4.99 Å². The second-order valence-corrected chi connectivity index (χ2v) is 5.08. The van der Waals surface area contributed by atoms with E-state index in [0.717, 1.165) is 11.1 Å². The Hall–Kier alpha value is -3.34. The number of nitrogens with zero attached hydrogens (tertiary/aromatic N) is 1. The summed E-state index contributed by atoms with van der Waals surface area (Å²) in [6.45, 7) is 4.04. The minimum absolute atomic E-state index is 0.285. The van der Waals surface area contributed by atoms with E-state index in [0.29, 0.717) is 23.9 Å². The Morgan fingerprint density at radius 1 is 1.04 bits per heavy atom. The average molecular weight is 319 g/mol. The maximum Gasteiger partial charge on any atom is 0.288 e. The summed E-state index contributed by atoms with van der Waals surface area (Å²) < 4.78 is 5.65. The van der Waals surface area contributed by atoms with Gasteiger partial charge < -0.3 is 4.74 Å². The Morgan fingerprint density at radius 2 is 1.79 bits per heavy atom. The number of nitrogens with one attached hydrogen (secondary N) is 2. The molecule has 0 saturated carbocycles. The zero-order chi connectivity index (χ0) is 16.8. The molecule has 1 amide bonds. The van der Waals surface area contributed by atoms with E-state index in [1.165, 1.54) is 0 Å². The Bertz CT molecular complexity index is 810. The first kappa shape index (κ1) is 15.6. The first-order chi connectivity index (χ1) is 11.8. The fraction of sp³-hybridized carbons (Fsp3) is 0.0526. The molecule has 1 aliphatic rings. The van der Waals surface area contributed by atoms with Crippen molar-refractivity contribution in [2.75, 3.05) is 6.61 Å². The SMILES string of the molecule is C=CCOc1ccccc1C1=N/C(=C\c2ccccc2)C(=O)NN1. The number of amides is 1. The van der Waals surface area contributed by atoms with Crippen molar-refractivity contribution in [2.45, 2.75) is 0 Å². The van der Waals surface area contributed by atoms with E-state index >= 15 is 0 Å². The molecule has 2 aromatic rings. The van der Waals surface area contributed by atoms with Crippen molar-refractivity contribution in [1.82, 2.24) is 10.9 Å². The van der Waals surface area contributed by atoms with Gasteiger partial charge in [-0.25, -0.2) is 4.99 Å². The number of para-hydroxylation sites is 1. The van der Waals surface area contributed by atoms with Crippen LogP contribution in [0.25, 0.3) is 6.08 Å². The van der Waals surface area contributed by atoms with Gasteiger partial charge in [0.1, 0.15) is 18.1 Å². The third-order valence-corrected chi connectivity index (χ3v) is 3.36. The van der Waals surface area contributed by atoms with Crippen LogP contribution in [-0.2, 0) is 4.79 Å². The molecule has 120 valence electrons. The number of aliphatic imine (C=N–C) groups is 1. The molecule has 1 aliphatic heterocycles. The molecule has 24 heavy (non-hydrogen) atoms. The smallest absolute Gasteiger partial charge is 0.288 e. The Labute approximate surface area is 140 Å². The Morgan fingerprint density at radius 3 is 2.58 bits per heavy atom. The van der Waals surface area contributed by atoms with Crippen molar-refractivity contribution < 1.29 is 9.53 Å². The molecule has 0 bridgehead atoms. The normalized spacial score (nSPS) is 15.2. The third-order valence-electron chi connectivity index (χ3n) is 3.36. The van der Waals surface area contributed by atoms with E-state index in [4.69, 9.17) is 4.74 Å². The second-order valence-electron chi connectivity index (χ2n) is 5.08. The fourth-order valence-corrected chi connectivity index (χ4v) is 2.25. The van der Waals surface area contributed by atoms with E-state index in [1.54, 1.807) is 12.2 Å². The van der Waals surface area contributed by atoms with Gasteiger partial charge >= 0.3 is 0 Å². The first-order valence-corrected chi connectivity index (χ1v) is 7.53. The number of amidine groups is 1. The molecule has 5 nitrogen and oxygen atoms in total. The summed E-state index contributed by atoms with van der Waals surface area (Å²) in [7, 11) is 0. The van der Waals surface area contributed by atoms with Crippen LogP contribution in [0.4, 0.5) is 0 Å². The van der Waals surface area contributed by atoms with E-state index in [-0.39, 0.29) is 5.91 Å². The van der Waals surface area contributed by atoms with Crippen LogP contribution in [-0.4, -0.2) is 18.3 Å². The van der Waals surface area contributed by atoms with Crippen LogP contribution in [0.1, 0.15) is 11.1 Å². The maximum absolute atomic E-state index is 12.0. The molecule has 2 N–H and O–H groups in total. The molecule has 0 unspecified atom stereocenters. The number of hydrogen-bond acceptors (Lipinski definition) is 4. The maximum atomic E-state index is 12.0. The summed E-state index contributed by atoms with van der Waals surface area (Å²) in [5.74, 6) is 0.905. The largest absolute Gasteiger partial charge is 0.489 e. The summed E-state index contributed by atoms with van der Waals surface area (Å²) in [6.07, 6.45) is 3.42. The van der Waals surface area contributed by atoms with Gasteiger partial charge in [0.05, 0.1) is 5.56 Å². The first-order valence-electron chi connectivity index (χ1n) is 7.53. The van der Waals surface area contributed by atoms with Crippen molar-refractivity contribution in [3.8, 4) is 5.75 Å². The molecule has 0 aliphatic carbocycles. The van der Waals surface area contributed by atoms with Gasteiger partial charge in [-0.3, -0.25) is 15.6 Å². The molecule has 0 saturated heterocycles.